The number of aromatic nitrogens is 1. The largest absolute Gasteiger partial charge is 0.453 e. The zero-order valence-electron chi connectivity index (χ0n) is 16.6. The van der Waals surface area contributed by atoms with Crippen LogP contribution in [0.1, 0.15) is 23.2 Å². The number of amides is 2. The second kappa shape index (κ2) is 8.71. The Labute approximate surface area is 179 Å². The molecule has 7 heteroatoms. The molecule has 1 aliphatic heterocycles. The third-order valence-corrected chi connectivity index (χ3v) is 5.62. The van der Waals surface area contributed by atoms with Crippen molar-refractivity contribution in [3.05, 3.63) is 65.2 Å². The van der Waals surface area contributed by atoms with Crippen LogP contribution >= 0.6 is 11.6 Å². The van der Waals surface area contributed by atoms with Crippen LogP contribution in [0.15, 0.2) is 54.6 Å². The zero-order chi connectivity index (χ0) is 21.1. The van der Waals surface area contributed by atoms with Gasteiger partial charge in [0.05, 0.1) is 23.9 Å². The van der Waals surface area contributed by atoms with E-state index in [4.69, 9.17) is 21.3 Å². The van der Waals surface area contributed by atoms with Crippen molar-refractivity contribution in [3.8, 4) is 11.3 Å². The SMILES string of the molecule is COC(=O)N1CCC(NC(=O)c2cc(-c3ccc(Cl)cc3)nc3ccccc23)CC1. The van der Waals surface area contributed by atoms with Gasteiger partial charge in [-0.25, -0.2) is 9.78 Å². The molecule has 4 rings (SSSR count). The summed E-state index contributed by atoms with van der Waals surface area (Å²) in [6.45, 7) is 1.12. The summed E-state index contributed by atoms with van der Waals surface area (Å²) in [6, 6.07) is 16.8. The van der Waals surface area contributed by atoms with Crippen molar-refractivity contribution >= 4 is 34.5 Å². The van der Waals surface area contributed by atoms with Crippen LogP contribution in [-0.4, -0.2) is 48.1 Å². The molecule has 0 bridgehead atoms. The highest BCUT2D eigenvalue weighted by molar-refractivity contribution is 6.30. The van der Waals surface area contributed by atoms with Gasteiger partial charge in [-0.15, -0.1) is 0 Å². The van der Waals surface area contributed by atoms with Crippen LogP contribution in [0.3, 0.4) is 0 Å². The number of halogens is 1. The number of carbonyl (C=O) groups excluding carboxylic acids is 2. The predicted octanol–water partition coefficient (Wildman–Crippen LogP) is 4.52. The first-order chi connectivity index (χ1) is 14.5. The summed E-state index contributed by atoms with van der Waals surface area (Å²) in [5.74, 6) is -0.139. The molecule has 0 saturated carbocycles. The lowest BCUT2D eigenvalue weighted by molar-refractivity contribution is 0.0893. The highest BCUT2D eigenvalue weighted by Crippen LogP contribution is 2.26. The summed E-state index contributed by atoms with van der Waals surface area (Å²) in [6.07, 6.45) is 1.05. The van der Waals surface area contributed by atoms with Gasteiger partial charge in [-0.3, -0.25) is 4.79 Å². The molecule has 0 unspecified atom stereocenters. The quantitative estimate of drug-likeness (QED) is 0.672. The van der Waals surface area contributed by atoms with Crippen LogP contribution in [0.5, 0.6) is 0 Å². The van der Waals surface area contributed by atoms with Crippen LogP contribution in [-0.2, 0) is 4.74 Å². The minimum atomic E-state index is -0.326. The van der Waals surface area contributed by atoms with E-state index in [0.29, 0.717) is 36.5 Å². The van der Waals surface area contributed by atoms with Crippen LogP contribution in [0, 0.1) is 0 Å². The maximum absolute atomic E-state index is 13.2. The number of fused-ring (bicyclic) bond motifs is 1. The fourth-order valence-electron chi connectivity index (χ4n) is 3.73. The van der Waals surface area contributed by atoms with E-state index in [1.165, 1.54) is 7.11 Å². The zero-order valence-corrected chi connectivity index (χ0v) is 17.4. The summed E-state index contributed by atoms with van der Waals surface area (Å²) >= 11 is 6.01. The van der Waals surface area contributed by atoms with E-state index in [1.54, 1.807) is 4.90 Å². The Morgan fingerprint density at radius 1 is 1.10 bits per heavy atom. The molecule has 2 aromatic carbocycles. The van der Waals surface area contributed by atoms with E-state index in [0.717, 1.165) is 22.2 Å². The van der Waals surface area contributed by atoms with Crippen LogP contribution in [0.4, 0.5) is 4.79 Å². The van der Waals surface area contributed by atoms with E-state index in [2.05, 4.69) is 5.32 Å². The number of pyridine rings is 1. The average molecular weight is 424 g/mol. The summed E-state index contributed by atoms with van der Waals surface area (Å²) in [7, 11) is 1.38. The number of likely N-dealkylation sites (tertiary alicyclic amines) is 1. The molecule has 2 heterocycles. The van der Waals surface area contributed by atoms with Crippen molar-refractivity contribution in [1.29, 1.82) is 0 Å². The number of nitrogens with one attached hydrogen (secondary N) is 1. The van der Waals surface area contributed by atoms with E-state index >= 15 is 0 Å². The second-order valence-electron chi connectivity index (χ2n) is 7.28. The van der Waals surface area contributed by atoms with Crippen molar-refractivity contribution in [2.75, 3.05) is 20.2 Å². The fraction of sp³-hybridized carbons (Fsp3) is 0.261. The van der Waals surface area contributed by atoms with E-state index < -0.39 is 0 Å². The topological polar surface area (TPSA) is 71.5 Å². The molecule has 0 radical (unpaired) electrons. The molecule has 1 fully saturated rings. The number of para-hydroxylation sites is 1. The number of hydrogen-bond donors (Lipinski definition) is 1. The van der Waals surface area contributed by atoms with Gasteiger partial charge < -0.3 is 15.0 Å². The first kappa shape index (κ1) is 20.2. The summed E-state index contributed by atoms with van der Waals surface area (Å²) in [5.41, 5.74) is 2.96. The van der Waals surface area contributed by atoms with Gasteiger partial charge in [-0.05, 0) is 37.1 Å². The van der Waals surface area contributed by atoms with Gasteiger partial charge in [-0.2, -0.15) is 0 Å². The van der Waals surface area contributed by atoms with Crippen LogP contribution in [0.2, 0.25) is 5.02 Å². The van der Waals surface area contributed by atoms with E-state index in [1.807, 2.05) is 54.6 Å². The molecule has 154 valence electrons. The molecule has 1 N–H and O–H groups in total. The van der Waals surface area contributed by atoms with Crippen LogP contribution in [0.25, 0.3) is 22.2 Å². The molecule has 6 nitrogen and oxygen atoms in total. The number of benzene rings is 2. The summed E-state index contributed by atoms with van der Waals surface area (Å²) in [5, 5.41) is 4.58. The highest BCUT2D eigenvalue weighted by Gasteiger charge is 2.25. The smallest absolute Gasteiger partial charge is 0.409 e. The lowest BCUT2D eigenvalue weighted by Gasteiger charge is -2.31. The second-order valence-corrected chi connectivity index (χ2v) is 7.72. The van der Waals surface area contributed by atoms with Gasteiger partial charge in [0.25, 0.3) is 5.91 Å². The number of carbonyl (C=O) groups is 2. The third kappa shape index (κ3) is 4.24. The Hall–Kier alpha value is -3.12. The number of piperidine rings is 1. The molecule has 30 heavy (non-hydrogen) atoms. The Bertz CT molecular complexity index is 1080. The third-order valence-electron chi connectivity index (χ3n) is 5.36. The van der Waals surface area contributed by atoms with E-state index in [-0.39, 0.29) is 18.0 Å². The van der Waals surface area contributed by atoms with Gasteiger partial charge >= 0.3 is 6.09 Å². The number of rotatable bonds is 3. The number of ether oxygens (including phenoxy) is 1. The summed E-state index contributed by atoms with van der Waals surface area (Å²) < 4.78 is 4.77. The molecular formula is C23H22ClN3O3. The molecule has 1 aliphatic rings. The van der Waals surface area contributed by atoms with Crippen molar-refractivity contribution in [1.82, 2.24) is 15.2 Å². The van der Waals surface area contributed by atoms with Crippen LogP contribution < -0.4 is 5.32 Å². The number of nitrogens with zero attached hydrogens (tertiary/aromatic N) is 2. The van der Waals surface area contributed by atoms with Gasteiger partial charge in [0, 0.05) is 35.1 Å². The van der Waals surface area contributed by atoms with Crippen molar-refractivity contribution in [2.45, 2.75) is 18.9 Å². The lowest BCUT2D eigenvalue weighted by Crippen LogP contribution is -2.46. The Balaban J connectivity index is 1.59. The lowest BCUT2D eigenvalue weighted by atomic mass is 10.0. The molecule has 0 aliphatic carbocycles. The highest BCUT2D eigenvalue weighted by atomic mass is 35.5. The molecule has 0 spiro atoms. The Morgan fingerprint density at radius 3 is 2.50 bits per heavy atom. The molecule has 3 aromatic rings. The summed E-state index contributed by atoms with van der Waals surface area (Å²) in [4.78, 5) is 31.2. The molecular weight excluding hydrogens is 402 g/mol. The number of methoxy groups -OCH3 is 1. The minimum absolute atomic E-state index is 0.00400. The van der Waals surface area contributed by atoms with Gasteiger partial charge in [0.15, 0.2) is 0 Å². The maximum Gasteiger partial charge on any atom is 0.409 e. The van der Waals surface area contributed by atoms with Gasteiger partial charge in [0.2, 0.25) is 0 Å². The first-order valence-corrected chi connectivity index (χ1v) is 10.2. The van der Waals surface area contributed by atoms with Crippen molar-refractivity contribution < 1.29 is 14.3 Å². The van der Waals surface area contributed by atoms with E-state index in [9.17, 15) is 9.59 Å². The predicted molar refractivity (Wildman–Crippen MR) is 117 cm³/mol. The number of hydrogen-bond acceptors (Lipinski definition) is 4. The normalized spacial score (nSPS) is 14.5. The first-order valence-electron chi connectivity index (χ1n) is 9.84. The Morgan fingerprint density at radius 2 is 1.80 bits per heavy atom. The van der Waals surface area contributed by atoms with Gasteiger partial charge in [0.1, 0.15) is 0 Å². The Kier molecular flexibility index (Phi) is 5.86. The molecule has 1 saturated heterocycles. The van der Waals surface area contributed by atoms with Gasteiger partial charge in [-0.1, -0.05) is 41.9 Å². The fourth-order valence-corrected chi connectivity index (χ4v) is 3.86. The molecule has 0 atom stereocenters. The monoisotopic (exact) mass is 423 g/mol. The van der Waals surface area contributed by atoms with Crippen molar-refractivity contribution in [3.63, 3.8) is 0 Å². The minimum Gasteiger partial charge on any atom is -0.453 e. The standard InChI is InChI=1S/C23H22ClN3O3/c1-30-23(29)27-12-10-17(11-13-27)25-22(28)19-14-21(15-6-8-16(24)9-7-15)26-20-5-3-2-4-18(19)20/h2-9,14,17H,10-13H2,1H3,(H,25,28). The maximum atomic E-state index is 13.2. The molecule has 1 aromatic heterocycles. The molecule has 2 amide bonds. The average Bonchev–Trinajstić information content (AvgIpc) is 2.78. The van der Waals surface area contributed by atoms with Crippen molar-refractivity contribution in [2.24, 2.45) is 0 Å².